The van der Waals surface area contributed by atoms with Gasteiger partial charge >= 0.3 is 12.0 Å². The van der Waals surface area contributed by atoms with Crippen LogP contribution >= 0.6 is 0 Å². The van der Waals surface area contributed by atoms with E-state index in [1.807, 2.05) is 13.8 Å². The molecule has 2 fully saturated rings. The van der Waals surface area contributed by atoms with E-state index in [1.54, 1.807) is 4.90 Å². The Morgan fingerprint density at radius 2 is 1.95 bits per heavy atom. The van der Waals surface area contributed by atoms with Crippen LogP contribution in [0.5, 0.6) is 0 Å². The van der Waals surface area contributed by atoms with Crippen LogP contribution in [0.4, 0.5) is 10.6 Å². The van der Waals surface area contributed by atoms with E-state index in [2.05, 4.69) is 27.7 Å². The molecular weight excluding hydrogens is 482 g/mol. The Labute approximate surface area is 227 Å². The quantitative estimate of drug-likeness (QED) is 0.296. The lowest BCUT2D eigenvalue weighted by Crippen LogP contribution is -2.51. The van der Waals surface area contributed by atoms with Crippen LogP contribution in [-0.4, -0.2) is 89.4 Å². The van der Waals surface area contributed by atoms with Gasteiger partial charge in [0.1, 0.15) is 11.9 Å². The average molecular weight is 530 g/mol. The smallest absolute Gasteiger partial charge is 0.326 e. The number of urea groups is 1. The van der Waals surface area contributed by atoms with E-state index >= 15 is 0 Å². The molecule has 1 saturated carbocycles. The van der Waals surface area contributed by atoms with Crippen LogP contribution in [0.15, 0.2) is 12.1 Å². The van der Waals surface area contributed by atoms with E-state index in [1.165, 1.54) is 18.4 Å². The Morgan fingerprint density at radius 3 is 2.68 bits per heavy atom. The number of nitrogens with zero attached hydrogens (tertiary/aromatic N) is 3. The van der Waals surface area contributed by atoms with Gasteiger partial charge in [0.05, 0.1) is 6.61 Å². The van der Waals surface area contributed by atoms with Gasteiger partial charge in [-0.1, -0.05) is 6.07 Å². The Kier molecular flexibility index (Phi) is 10.6. The lowest BCUT2D eigenvalue weighted by Gasteiger charge is -2.29. The number of aryl methyl sites for hydroxylation is 2. The molecule has 9 nitrogen and oxygen atoms in total. The number of aliphatic carboxylic acids is 1. The SMILES string of the molecule is CC1CCC(C)N1C(=O)NC(CCN(CCCCc1ccc2c(n1)NCCC2)CCOCC1CC1)C(=O)O. The van der Waals surface area contributed by atoms with Crippen molar-refractivity contribution in [3.8, 4) is 0 Å². The summed E-state index contributed by atoms with van der Waals surface area (Å²) >= 11 is 0. The van der Waals surface area contributed by atoms with E-state index < -0.39 is 12.0 Å². The van der Waals surface area contributed by atoms with E-state index in [4.69, 9.17) is 9.72 Å². The van der Waals surface area contributed by atoms with Crippen molar-refractivity contribution in [2.45, 2.75) is 96.2 Å². The number of ether oxygens (including phenoxy) is 1. The zero-order valence-corrected chi connectivity index (χ0v) is 23.3. The van der Waals surface area contributed by atoms with Crippen molar-refractivity contribution in [2.24, 2.45) is 5.92 Å². The molecule has 3 atom stereocenters. The molecule has 212 valence electrons. The van der Waals surface area contributed by atoms with Crippen LogP contribution in [0.1, 0.15) is 76.5 Å². The number of hydrogen-bond donors (Lipinski definition) is 3. The van der Waals surface area contributed by atoms with Gasteiger partial charge in [-0.15, -0.1) is 0 Å². The molecule has 38 heavy (non-hydrogen) atoms. The van der Waals surface area contributed by atoms with Crippen LogP contribution < -0.4 is 10.6 Å². The first-order valence-electron chi connectivity index (χ1n) is 14.7. The molecule has 3 unspecified atom stereocenters. The van der Waals surface area contributed by atoms with Crippen LogP contribution in [0.3, 0.4) is 0 Å². The number of fused-ring (bicyclic) bond motifs is 1. The molecule has 3 N–H and O–H groups in total. The van der Waals surface area contributed by atoms with Crippen molar-refractivity contribution in [3.63, 3.8) is 0 Å². The van der Waals surface area contributed by atoms with Crippen molar-refractivity contribution in [2.75, 3.05) is 44.7 Å². The number of unbranched alkanes of at least 4 members (excludes halogenated alkanes) is 1. The van der Waals surface area contributed by atoms with Gasteiger partial charge in [0.25, 0.3) is 0 Å². The van der Waals surface area contributed by atoms with Crippen molar-refractivity contribution in [3.05, 3.63) is 23.4 Å². The Morgan fingerprint density at radius 1 is 1.16 bits per heavy atom. The second-order valence-corrected chi connectivity index (χ2v) is 11.5. The van der Waals surface area contributed by atoms with Gasteiger partial charge < -0.3 is 30.3 Å². The number of carbonyl (C=O) groups is 2. The third-order valence-corrected chi connectivity index (χ3v) is 8.23. The monoisotopic (exact) mass is 529 g/mol. The number of carboxylic acids is 1. The summed E-state index contributed by atoms with van der Waals surface area (Å²) in [5, 5.41) is 16.0. The van der Waals surface area contributed by atoms with E-state index in [-0.39, 0.29) is 18.1 Å². The third kappa shape index (κ3) is 8.56. The van der Waals surface area contributed by atoms with Gasteiger partial charge in [0.15, 0.2) is 0 Å². The predicted octanol–water partition coefficient (Wildman–Crippen LogP) is 3.92. The van der Waals surface area contributed by atoms with Gasteiger partial charge in [-0.25, -0.2) is 14.6 Å². The minimum Gasteiger partial charge on any atom is -0.480 e. The second kappa shape index (κ2) is 14.1. The maximum atomic E-state index is 12.8. The zero-order chi connectivity index (χ0) is 26.9. The highest BCUT2D eigenvalue weighted by atomic mass is 16.5. The highest BCUT2D eigenvalue weighted by Crippen LogP contribution is 2.28. The first kappa shape index (κ1) is 28.6. The van der Waals surface area contributed by atoms with Crippen molar-refractivity contribution in [1.82, 2.24) is 20.1 Å². The highest BCUT2D eigenvalue weighted by Gasteiger charge is 2.33. The van der Waals surface area contributed by atoms with E-state index in [0.717, 1.165) is 88.6 Å². The maximum Gasteiger partial charge on any atom is 0.326 e. The Hall–Kier alpha value is -2.39. The number of carbonyl (C=O) groups excluding carboxylic acids is 1. The summed E-state index contributed by atoms with van der Waals surface area (Å²) in [6.07, 6.45) is 10.0. The number of nitrogens with one attached hydrogen (secondary N) is 2. The van der Waals surface area contributed by atoms with Crippen molar-refractivity contribution in [1.29, 1.82) is 0 Å². The molecule has 1 aromatic heterocycles. The lowest BCUT2D eigenvalue weighted by atomic mass is 10.1. The standard InChI is InChI=1S/C29H47N5O4/c1-21-8-9-22(2)34(21)29(37)32-26(28(35)36)14-17-33(18-19-38-20-23-10-11-23)16-4-3-7-25-13-12-24-6-5-15-30-27(24)31-25/h12-13,21-23,26H,3-11,14-20H2,1-2H3,(H,30,31)(H,32,37)(H,35,36). The first-order chi connectivity index (χ1) is 18.4. The summed E-state index contributed by atoms with van der Waals surface area (Å²) in [6.45, 7) is 8.78. The molecule has 3 heterocycles. The van der Waals surface area contributed by atoms with Crippen LogP contribution in [-0.2, 0) is 22.4 Å². The minimum absolute atomic E-state index is 0.139. The number of amides is 2. The molecule has 2 amide bonds. The summed E-state index contributed by atoms with van der Waals surface area (Å²) in [5.74, 6) is 0.793. The maximum absolute atomic E-state index is 12.8. The van der Waals surface area contributed by atoms with Crippen LogP contribution in [0, 0.1) is 5.92 Å². The predicted molar refractivity (Wildman–Crippen MR) is 149 cm³/mol. The fourth-order valence-corrected chi connectivity index (χ4v) is 5.60. The number of carboxylic acid groups (broad SMARTS) is 1. The number of rotatable bonds is 15. The van der Waals surface area contributed by atoms with E-state index in [0.29, 0.717) is 19.6 Å². The molecule has 1 aliphatic carbocycles. The van der Waals surface area contributed by atoms with Crippen molar-refractivity contribution >= 4 is 17.8 Å². The molecule has 1 aromatic rings. The molecule has 4 rings (SSSR count). The van der Waals surface area contributed by atoms with Crippen molar-refractivity contribution < 1.29 is 19.4 Å². The topological polar surface area (TPSA) is 107 Å². The van der Waals surface area contributed by atoms with Gasteiger partial charge in [0, 0.05) is 44.0 Å². The fraction of sp³-hybridized carbons (Fsp3) is 0.759. The number of aromatic nitrogens is 1. The van der Waals surface area contributed by atoms with Gasteiger partial charge in [-0.05, 0) is 102 Å². The summed E-state index contributed by atoms with van der Waals surface area (Å²) < 4.78 is 5.88. The van der Waals surface area contributed by atoms with Crippen LogP contribution in [0.2, 0.25) is 0 Å². The summed E-state index contributed by atoms with van der Waals surface area (Å²) in [4.78, 5) is 33.7. The molecule has 0 spiro atoms. The lowest BCUT2D eigenvalue weighted by molar-refractivity contribution is -0.139. The normalized spacial score (nSPS) is 21.7. The average Bonchev–Trinajstić information content (AvgIpc) is 3.67. The Balaban J connectivity index is 1.24. The minimum atomic E-state index is -0.977. The molecule has 1 saturated heterocycles. The third-order valence-electron chi connectivity index (χ3n) is 8.23. The molecule has 3 aliphatic rings. The molecule has 0 radical (unpaired) electrons. The largest absolute Gasteiger partial charge is 0.480 e. The Bertz CT molecular complexity index is 914. The summed E-state index contributed by atoms with van der Waals surface area (Å²) in [6, 6.07) is 3.47. The molecule has 9 heteroatoms. The fourth-order valence-electron chi connectivity index (χ4n) is 5.60. The second-order valence-electron chi connectivity index (χ2n) is 11.5. The van der Waals surface area contributed by atoms with Gasteiger partial charge in [-0.2, -0.15) is 0 Å². The molecule has 0 bridgehead atoms. The summed E-state index contributed by atoms with van der Waals surface area (Å²) in [5.41, 5.74) is 2.43. The highest BCUT2D eigenvalue weighted by molar-refractivity contribution is 5.83. The number of likely N-dealkylation sites (tertiary alicyclic amines) is 1. The van der Waals surface area contributed by atoms with Gasteiger partial charge in [0.2, 0.25) is 0 Å². The van der Waals surface area contributed by atoms with Crippen LogP contribution in [0.25, 0.3) is 0 Å². The molecule has 2 aliphatic heterocycles. The number of anilines is 1. The number of hydrogen-bond acceptors (Lipinski definition) is 6. The van der Waals surface area contributed by atoms with Gasteiger partial charge in [-0.3, -0.25) is 0 Å². The number of pyridine rings is 1. The molecular formula is C29H47N5O4. The first-order valence-corrected chi connectivity index (χ1v) is 14.7. The van der Waals surface area contributed by atoms with E-state index in [9.17, 15) is 14.7 Å². The zero-order valence-electron chi connectivity index (χ0n) is 23.3. The molecule has 0 aromatic carbocycles. The summed E-state index contributed by atoms with van der Waals surface area (Å²) in [7, 11) is 0.